The third kappa shape index (κ3) is 5.81. The normalized spacial score (nSPS) is 22.4. The lowest BCUT2D eigenvalue weighted by Crippen LogP contribution is -2.36. The summed E-state index contributed by atoms with van der Waals surface area (Å²) in [5.74, 6) is -5.71. The lowest BCUT2D eigenvalue weighted by atomic mass is 9.83. The summed E-state index contributed by atoms with van der Waals surface area (Å²) in [6.07, 6.45) is -6.25. The van der Waals surface area contributed by atoms with E-state index in [2.05, 4.69) is 0 Å². The Labute approximate surface area is 224 Å². The molecule has 38 heavy (non-hydrogen) atoms. The van der Waals surface area contributed by atoms with E-state index in [4.69, 9.17) is 14.6 Å². The number of carboxylic acids is 1. The summed E-state index contributed by atoms with van der Waals surface area (Å²) in [6, 6.07) is 4.75. The highest BCUT2D eigenvalue weighted by Crippen LogP contribution is 2.49. The van der Waals surface area contributed by atoms with Crippen LogP contribution in [0.5, 0.6) is 5.75 Å². The Morgan fingerprint density at radius 1 is 0.868 bits per heavy atom. The molecule has 13 heteroatoms. The fourth-order valence-corrected chi connectivity index (χ4v) is 5.34. The van der Waals surface area contributed by atoms with Crippen molar-refractivity contribution in [3.63, 3.8) is 0 Å². The molecule has 202 valence electrons. The van der Waals surface area contributed by atoms with Gasteiger partial charge in [0.15, 0.2) is 0 Å². The van der Waals surface area contributed by atoms with E-state index < -0.39 is 71.3 Å². The van der Waals surface area contributed by atoms with E-state index in [1.54, 1.807) is 34.7 Å². The minimum Gasteiger partial charge on any atom is -0.478 e. The summed E-state index contributed by atoms with van der Waals surface area (Å²) in [6.45, 7) is -0.861. The fourth-order valence-electron chi connectivity index (χ4n) is 4.71. The van der Waals surface area contributed by atoms with Crippen molar-refractivity contribution in [2.75, 3.05) is 0 Å². The molecule has 0 heterocycles. The molecule has 0 spiro atoms. The Balaban J connectivity index is 1.51. The van der Waals surface area contributed by atoms with Crippen molar-refractivity contribution in [3.05, 3.63) is 74.4 Å². The molecule has 2 aromatic carbocycles. The number of alkyl halides is 6. The number of rotatable bonds is 6. The van der Waals surface area contributed by atoms with Gasteiger partial charge in [-0.05, 0) is 82.8 Å². The number of hydrogen-bond donors (Lipinski definition) is 1. The molecular formula is C25H17F6IO6. The predicted octanol–water partition coefficient (Wildman–Crippen LogP) is 6.11. The molecule has 4 unspecified atom stereocenters. The molecule has 0 saturated heterocycles. The summed E-state index contributed by atoms with van der Waals surface area (Å²) in [4.78, 5) is 37.1. The van der Waals surface area contributed by atoms with Crippen LogP contribution in [0.25, 0.3) is 0 Å². The number of carbonyl (C=O) groups is 3. The SMILES string of the molecule is O=C(O)c1ccc(OC(=O)C2C3C=CC(C3)C2C(=O)OCc2cc(C(F)(F)F)cc(C(F)(F)F)c2)c(I)c1. The summed E-state index contributed by atoms with van der Waals surface area (Å²) in [7, 11) is 0. The quantitative estimate of drug-likeness (QED) is 0.133. The molecule has 2 aliphatic rings. The summed E-state index contributed by atoms with van der Waals surface area (Å²) in [5, 5.41) is 9.08. The molecule has 0 aromatic heterocycles. The highest BCUT2D eigenvalue weighted by Gasteiger charge is 2.53. The maximum atomic E-state index is 13.1. The van der Waals surface area contributed by atoms with Crippen LogP contribution in [0.2, 0.25) is 0 Å². The molecule has 1 N–H and O–H groups in total. The van der Waals surface area contributed by atoms with Crippen LogP contribution >= 0.6 is 22.6 Å². The van der Waals surface area contributed by atoms with Gasteiger partial charge >= 0.3 is 30.3 Å². The van der Waals surface area contributed by atoms with Crippen LogP contribution in [-0.4, -0.2) is 23.0 Å². The van der Waals surface area contributed by atoms with Crippen molar-refractivity contribution in [2.45, 2.75) is 25.4 Å². The number of carboxylic acid groups (broad SMARTS) is 1. The van der Waals surface area contributed by atoms with Gasteiger partial charge in [-0.2, -0.15) is 26.3 Å². The monoisotopic (exact) mass is 654 g/mol. The average Bonchev–Trinajstić information content (AvgIpc) is 3.44. The van der Waals surface area contributed by atoms with Crippen molar-refractivity contribution in [1.82, 2.24) is 0 Å². The van der Waals surface area contributed by atoms with Gasteiger partial charge in [-0.25, -0.2) is 4.79 Å². The van der Waals surface area contributed by atoms with E-state index in [-0.39, 0.29) is 23.3 Å². The Bertz CT molecular complexity index is 1290. The lowest BCUT2D eigenvalue weighted by molar-refractivity contribution is -0.158. The smallest absolute Gasteiger partial charge is 0.416 e. The van der Waals surface area contributed by atoms with Crippen LogP contribution in [0.15, 0.2) is 48.6 Å². The fraction of sp³-hybridized carbons (Fsp3) is 0.320. The number of halogens is 7. The van der Waals surface area contributed by atoms with Gasteiger partial charge in [0.05, 0.1) is 32.1 Å². The number of aromatic carboxylic acids is 1. The summed E-state index contributed by atoms with van der Waals surface area (Å²) < 4.78 is 89.6. The van der Waals surface area contributed by atoms with E-state index >= 15 is 0 Å². The maximum absolute atomic E-state index is 13.1. The molecular weight excluding hydrogens is 637 g/mol. The van der Waals surface area contributed by atoms with Crippen LogP contribution < -0.4 is 4.74 Å². The van der Waals surface area contributed by atoms with Crippen LogP contribution in [0.1, 0.15) is 33.5 Å². The van der Waals surface area contributed by atoms with Crippen molar-refractivity contribution < 1.29 is 55.3 Å². The predicted molar refractivity (Wildman–Crippen MR) is 126 cm³/mol. The third-order valence-electron chi connectivity index (χ3n) is 6.42. The number of fused-ring (bicyclic) bond motifs is 2. The van der Waals surface area contributed by atoms with Gasteiger partial charge in [0, 0.05) is 0 Å². The highest BCUT2D eigenvalue weighted by atomic mass is 127. The second kappa shape index (κ2) is 10.2. The van der Waals surface area contributed by atoms with Crippen LogP contribution in [0.3, 0.4) is 0 Å². The Hall–Kier alpha value is -3.10. The minimum absolute atomic E-state index is 0.0253. The summed E-state index contributed by atoms with van der Waals surface area (Å²) in [5.41, 5.74) is -3.61. The topological polar surface area (TPSA) is 89.9 Å². The largest absolute Gasteiger partial charge is 0.478 e. The molecule has 6 nitrogen and oxygen atoms in total. The van der Waals surface area contributed by atoms with Crippen LogP contribution in [0, 0.1) is 27.2 Å². The first-order valence-corrected chi connectivity index (χ1v) is 12.1. The molecule has 1 fully saturated rings. The molecule has 4 rings (SSSR count). The first-order chi connectivity index (χ1) is 17.6. The van der Waals surface area contributed by atoms with Crippen molar-refractivity contribution >= 4 is 40.5 Å². The molecule has 0 amide bonds. The molecule has 2 bridgehead atoms. The molecule has 4 atom stereocenters. The molecule has 0 aliphatic heterocycles. The van der Waals surface area contributed by atoms with Crippen LogP contribution in [-0.2, 0) is 33.3 Å². The van der Waals surface area contributed by atoms with Gasteiger partial charge in [-0.1, -0.05) is 12.2 Å². The van der Waals surface area contributed by atoms with Gasteiger partial charge in [-0.15, -0.1) is 0 Å². The van der Waals surface area contributed by atoms with Crippen molar-refractivity contribution in [3.8, 4) is 5.75 Å². The second-order valence-electron chi connectivity index (χ2n) is 8.89. The first-order valence-electron chi connectivity index (χ1n) is 11.0. The van der Waals surface area contributed by atoms with Gasteiger partial charge in [-0.3, -0.25) is 9.59 Å². The van der Waals surface area contributed by atoms with E-state index in [1.807, 2.05) is 0 Å². The number of ether oxygens (including phenoxy) is 2. The number of hydrogen-bond acceptors (Lipinski definition) is 5. The zero-order valence-electron chi connectivity index (χ0n) is 19.0. The lowest BCUT2D eigenvalue weighted by Gasteiger charge is -2.25. The molecule has 1 saturated carbocycles. The molecule has 2 aromatic rings. The molecule has 0 radical (unpaired) electrons. The van der Waals surface area contributed by atoms with Crippen molar-refractivity contribution in [2.24, 2.45) is 23.7 Å². The van der Waals surface area contributed by atoms with Gasteiger partial charge in [0.2, 0.25) is 0 Å². The number of carbonyl (C=O) groups excluding carboxylic acids is 2. The zero-order chi connectivity index (χ0) is 28.0. The number of esters is 2. The van der Waals surface area contributed by atoms with Gasteiger partial charge in [0.1, 0.15) is 12.4 Å². The van der Waals surface area contributed by atoms with E-state index in [1.165, 1.54) is 18.2 Å². The highest BCUT2D eigenvalue weighted by molar-refractivity contribution is 14.1. The number of allylic oxidation sites excluding steroid dienone is 2. The Kier molecular flexibility index (Phi) is 7.51. The number of benzene rings is 2. The third-order valence-corrected chi connectivity index (χ3v) is 7.26. The maximum Gasteiger partial charge on any atom is 0.416 e. The minimum atomic E-state index is -5.05. The van der Waals surface area contributed by atoms with E-state index in [0.29, 0.717) is 22.1 Å². The van der Waals surface area contributed by atoms with Crippen LogP contribution in [0.4, 0.5) is 26.3 Å². The standard InChI is InChI=1S/C25H17F6IO6/c26-24(27,28)15-5-11(6-16(9-15)25(29,30)31)10-37-22(35)19-12-1-2-13(7-12)20(19)23(36)38-18-4-3-14(21(33)34)8-17(18)32/h1-6,8-9,12-13,19-20H,7,10H2,(H,33,34). The Morgan fingerprint density at radius 2 is 1.42 bits per heavy atom. The van der Waals surface area contributed by atoms with E-state index in [0.717, 1.165) is 0 Å². The van der Waals surface area contributed by atoms with Gasteiger partial charge < -0.3 is 14.6 Å². The second-order valence-corrected chi connectivity index (χ2v) is 10.1. The summed E-state index contributed by atoms with van der Waals surface area (Å²) >= 11 is 1.79. The Morgan fingerprint density at radius 3 is 1.92 bits per heavy atom. The molecule has 2 aliphatic carbocycles. The first kappa shape index (κ1) is 27.9. The van der Waals surface area contributed by atoms with E-state index in [9.17, 15) is 40.7 Å². The average molecular weight is 654 g/mol. The zero-order valence-corrected chi connectivity index (χ0v) is 21.1. The van der Waals surface area contributed by atoms with Gasteiger partial charge in [0.25, 0.3) is 0 Å². The van der Waals surface area contributed by atoms with Crippen molar-refractivity contribution in [1.29, 1.82) is 0 Å².